The van der Waals surface area contributed by atoms with Crippen molar-refractivity contribution in [2.24, 2.45) is 0 Å². The Morgan fingerprint density at radius 1 is 1.15 bits per heavy atom. The van der Waals surface area contributed by atoms with Crippen LogP contribution in [0.5, 0.6) is 11.5 Å². The number of methoxy groups -OCH3 is 2. The van der Waals surface area contributed by atoms with Crippen molar-refractivity contribution in [3.63, 3.8) is 0 Å². The minimum Gasteiger partial charge on any atom is -0.493 e. The number of urea groups is 1. The maximum absolute atomic E-state index is 12.7. The number of benzene rings is 2. The molecule has 2 unspecified atom stereocenters. The molecule has 2 aromatic carbocycles. The van der Waals surface area contributed by atoms with Gasteiger partial charge in [0.05, 0.1) is 26.9 Å². The molecule has 0 saturated carbocycles. The van der Waals surface area contributed by atoms with E-state index in [2.05, 4.69) is 10.6 Å². The molecule has 0 radical (unpaired) electrons. The zero-order valence-corrected chi connectivity index (χ0v) is 20.3. The number of nitrogens with zero attached hydrogens (tertiary/aromatic N) is 1. The van der Waals surface area contributed by atoms with E-state index in [9.17, 15) is 14.7 Å². The molecule has 0 aromatic heterocycles. The SMILES string of the molecule is CCC(CO)NC(=O)c1ccc(C2=CN(C(=O)NC)C(C)Cc3cc(OC)c(OC)cc32)cc1. The third-order valence-corrected chi connectivity index (χ3v) is 6.11. The number of aliphatic hydroxyl groups is 1. The zero-order chi connectivity index (χ0) is 24.8. The summed E-state index contributed by atoms with van der Waals surface area (Å²) in [7, 11) is 4.80. The Hall–Kier alpha value is -3.52. The summed E-state index contributed by atoms with van der Waals surface area (Å²) in [4.78, 5) is 26.9. The van der Waals surface area contributed by atoms with Crippen molar-refractivity contribution in [3.05, 3.63) is 64.9 Å². The molecule has 0 saturated heterocycles. The van der Waals surface area contributed by atoms with E-state index in [1.54, 1.807) is 38.3 Å². The van der Waals surface area contributed by atoms with E-state index in [-0.39, 0.29) is 30.6 Å². The number of carbonyl (C=O) groups excluding carboxylic acids is 2. The van der Waals surface area contributed by atoms with Gasteiger partial charge in [0.15, 0.2) is 11.5 Å². The first kappa shape index (κ1) is 25.1. The number of fused-ring (bicyclic) bond motifs is 1. The molecule has 182 valence electrons. The molecule has 8 heteroatoms. The standard InChI is InChI=1S/C26H33N3O5/c1-6-20(15-30)28-25(31)18-9-7-17(8-10-18)22-14-29(26(32)27-3)16(2)11-19-12-23(33-4)24(34-5)13-21(19)22/h7-10,12-14,16,20,30H,6,11,15H2,1-5H3,(H,27,32)(H,28,31). The van der Waals surface area contributed by atoms with Crippen molar-refractivity contribution >= 4 is 17.5 Å². The highest BCUT2D eigenvalue weighted by molar-refractivity contribution is 5.95. The van der Waals surface area contributed by atoms with Crippen molar-refractivity contribution in [1.29, 1.82) is 0 Å². The molecule has 1 aliphatic heterocycles. The summed E-state index contributed by atoms with van der Waals surface area (Å²) in [5, 5.41) is 14.9. The van der Waals surface area contributed by atoms with Crippen molar-refractivity contribution in [2.45, 2.75) is 38.8 Å². The van der Waals surface area contributed by atoms with Crippen molar-refractivity contribution < 1.29 is 24.2 Å². The number of amides is 3. The van der Waals surface area contributed by atoms with Gasteiger partial charge in [-0.2, -0.15) is 0 Å². The van der Waals surface area contributed by atoms with Crippen LogP contribution in [0.15, 0.2) is 42.6 Å². The Kier molecular flexibility index (Phi) is 8.17. The summed E-state index contributed by atoms with van der Waals surface area (Å²) in [6.07, 6.45) is 3.11. The minimum atomic E-state index is -0.284. The molecular weight excluding hydrogens is 434 g/mol. The molecule has 1 heterocycles. The first-order chi connectivity index (χ1) is 16.4. The quantitative estimate of drug-likeness (QED) is 0.581. The van der Waals surface area contributed by atoms with E-state index in [0.717, 1.165) is 22.3 Å². The summed E-state index contributed by atoms with van der Waals surface area (Å²) in [5.74, 6) is 0.982. The Morgan fingerprint density at radius 3 is 2.35 bits per heavy atom. The molecule has 0 fully saturated rings. The second-order valence-corrected chi connectivity index (χ2v) is 8.26. The van der Waals surface area contributed by atoms with E-state index >= 15 is 0 Å². The molecule has 8 nitrogen and oxygen atoms in total. The fourth-order valence-corrected chi connectivity index (χ4v) is 4.06. The van der Waals surface area contributed by atoms with Crippen LogP contribution >= 0.6 is 0 Å². The highest BCUT2D eigenvalue weighted by Gasteiger charge is 2.27. The van der Waals surface area contributed by atoms with Crippen molar-refractivity contribution in [2.75, 3.05) is 27.9 Å². The first-order valence-corrected chi connectivity index (χ1v) is 11.4. The Labute approximate surface area is 200 Å². The van der Waals surface area contributed by atoms with Gasteiger partial charge in [-0.1, -0.05) is 19.1 Å². The molecule has 3 amide bonds. The van der Waals surface area contributed by atoms with Crippen LogP contribution in [0, 0.1) is 0 Å². The summed E-state index contributed by atoms with van der Waals surface area (Å²) in [5.41, 5.74) is 4.13. The normalized spacial score (nSPS) is 16.0. The van der Waals surface area contributed by atoms with E-state index in [4.69, 9.17) is 9.47 Å². The van der Waals surface area contributed by atoms with Gasteiger partial charge in [-0.25, -0.2) is 4.79 Å². The largest absolute Gasteiger partial charge is 0.493 e. The highest BCUT2D eigenvalue weighted by atomic mass is 16.5. The van der Waals surface area contributed by atoms with Crippen LogP contribution in [-0.2, 0) is 6.42 Å². The van der Waals surface area contributed by atoms with Crippen molar-refractivity contribution in [3.8, 4) is 11.5 Å². The molecule has 1 aliphatic rings. The lowest BCUT2D eigenvalue weighted by atomic mass is 9.92. The third-order valence-electron chi connectivity index (χ3n) is 6.11. The number of rotatable bonds is 7. The van der Waals surface area contributed by atoms with Gasteiger partial charge < -0.3 is 25.2 Å². The number of carbonyl (C=O) groups is 2. The zero-order valence-electron chi connectivity index (χ0n) is 20.3. The molecule has 3 N–H and O–H groups in total. The molecule has 3 rings (SSSR count). The predicted octanol–water partition coefficient (Wildman–Crippen LogP) is 3.18. The number of nitrogens with one attached hydrogen (secondary N) is 2. The van der Waals surface area contributed by atoms with Gasteiger partial charge in [-0.3, -0.25) is 9.69 Å². The second-order valence-electron chi connectivity index (χ2n) is 8.26. The lowest BCUT2D eigenvalue weighted by molar-refractivity contribution is 0.0915. The van der Waals surface area contributed by atoms with Crippen LogP contribution in [0.3, 0.4) is 0 Å². The molecule has 2 atom stereocenters. The summed E-state index contributed by atoms with van der Waals surface area (Å²) >= 11 is 0. The van der Waals surface area contributed by atoms with Gasteiger partial charge >= 0.3 is 6.03 Å². The number of aliphatic hydroxyl groups excluding tert-OH is 1. The number of hydrogen-bond donors (Lipinski definition) is 3. The summed E-state index contributed by atoms with van der Waals surface area (Å²) in [6.45, 7) is 3.79. The summed E-state index contributed by atoms with van der Waals surface area (Å²) in [6, 6.07) is 10.5. The van der Waals surface area contributed by atoms with Crippen LogP contribution < -0.4 is 20.1 Å². The van der Waals surface area contributed by atoms with Gasteiger partial charge in [0.2, 0.25) is 0 Å². The first-order valence-electron chi connectivity index (χ1n) is 11.4. The fraction of sp³-hybridized carbons (Fsp3) is 0.385. The van der Waals surface area contributed by atoms with Crippen LogP contribution in [0.4, 0.5) is 4.79 Å². The highest BCUT2D eigenvalue weighted by Crippen LogP contribution is 2.39. The fourth-order valence-electron chi connectivity index (χ4n) is 4.06. The molecule has 2 aromatic rings. The van der Waals surface area contributed by atoms with E-state index in [1.807, 2.05) is 44.3 Å². The van der Waals surface area contributed by atoms with Crippen LogP contribution in [-0.4, -0.2) is 61.9 Å². The van der Waals surface area contributed by atoms with Gasteiger partial charge in [-0.15, -0.1) is 0 Å². The lowest BCUT2D eigenvalue weighted by Crippen LogP contribution is -2.40. The number of hydrogen-bond acceptors (Lipinski definition) is 5. The van der Waals surface area contributed by atoms with Gasteiger partial charge in [0.25, 0.3) is 5.91 Å². The monoisotopic (exact) mass is 467 g/mol. The van der Waals surface area contributed by atoms with Gasteiger partial charge in [0.1, 0.15) is 0 Å². The third kappa shape index (κ3) is 5.17. The second kappa shape index (κ2) is 11.1. The predicted molar refractivity (Wildman–Crippen MR) is 131 cm³/mol. The van der Waals surface area contributed by atoms with E-state index < -0.39 is 0 Å². The molecular formula is C26H33N3O5. The smallest absolute Gasteiger partial charge is 0.321 e. The van der Waals surface area contributed by atoms with Crippen molar-refractivity contribution in [1.82, 2.24) is 15.5 Å². The van der Waals surface area contributed by atoms with Crippen LogP contribution in [0.2, 0.25) is 0 Å². The average molecular weight is 468 g/mol. The summed E-state index contributed by atoms with van der Waals surface area (Å²) < 4.78 is 11.0. The molecule has 0 aliphatic carbocycles. The minimum absolute atomic E-state index is 0.0937. The number of ether oxygens (including phenoxy) is 2. The Morgan fingerprint density at radius 2 is 1.79 bits per heavy atom. The van der Waals surface area contributed by atoms with Crippen LogP contribution in [0.25, 0.3) is 5.57 Å². The Balaban J connectivity index is 2.08. The van der Waals surface area contributed by atoms with Crippen LogP contribution in [0.1, 0.15) is 47.3 Å². The van der Waals surface area contributed by atoms with E-state index in [1.165, 1.54) is 0 Å². The average Bonchev–Trinajstić information content (AvgIpc) is 3.01. The van der Waals surface area contributed by atoms with Gasteiger partial charge in [0, 0.05) is 30.4 Å². The Bertz CT molecular complexity index is 1060. The maximum Gasteiger partial charge on any atom is 0.321 e. The van der Waals surface area contributed by atoms with E-state index in [0.29, 0.717) is 29.9 Å². The molecule has 34 heavy (non-hydrogen) atoms. The van der Waals surface area contributed by atoms with Gasteiger partial charge in [-0.05, 0) is 60.7 Å². The molecule has 0 bridgehead atoms. The molecule has 0 spiro atoms. The topological polar surface area (TPSA) is 100 Å². The lowest BCUT2D eigenvalue weighted by Gasteiger charge is -2.24. The maximum atomic E-state index is 12.7.